The van der Waals surface area contributed by atoms with Crippen LogP contribution >= 0.6 is 0 Å². The third kappa shape index (κ3) is 2.43. The Labute approximate surface area is 97.1 Å². The maximum atomic E-state index is 11.4. The summed E-state index contributed by atoms with van der Waals surface area (Å²) in [5.74, 6) is 0.190. The molecule has 0 aromatic heterocycles. The van der Waals surface area contributed by atoms with Crippen molar-refractivity contribution in [3.8, 4) is 0 Å². The van der Waals surface area contributed by atoms with E-state index in [1.54, 1.807) is 0 Å². The molecule has 0 bridgehead atoms. The summed E-state index contributed by atoms with van der Waals surface area (Å²) in [4.78, 5) is 11.4. The first-order chi connectivity index (χ1) is 7.66. The second-order valence-electron chi connectivity index (χ2n) is 4.83. The molecule has 0 spiro atoms. The van der Waals surface area contributed by atoms with Gasteiger partial charge < -0.3 is 5.32 Å². The van der Waals surface area contributed by atoms with Crippen LogP contribution in [0.5, 0.6) is 0 Å². The van der Waals surface area contributed by atoms with Crippen molar-refractivity contribution in [2.45, 2.75) is 39.7 Å². The second-order valence-corrected chi connectivity index (χ2v) is 4.83. The highest BCUT2D eigenvalue weighted by atomic mass is 16.1. The molecule has 2 rings (SSSR count). The van der Waals surface area contributed by atoms with Crippen LogP contribution in [0, 0.1) is 5.92 Å². The van der Waals surface area contributed by atoms with E-state index in [1.165, 1.54) is 36.0 Å². The first-order valence-corrected chi connectivity index (χ1v) is 6.05. The van der Waals surface area contributed by atoms with E-state index in [4.69, 9.17) is 0 Å². The fourth-order valence-electron chi connectivity index (χ4n) is 2.13. The van der Waals surface area contributed by atoms with Gasteiger partial charge in [-0.3, -0.25) is 4.79 Å². The first kappa shape index (κ1) is 11.2. The number of aryl methyl sites for hydroxylation is 2. The number of rotatable bonds is 3. The number of carbonyl (C=O) groups is 1. The van der Waals surface area contributed by atoms with E-state index in [2.05, 4.69) is 23.5 Å². The smallest absolute Gasteiger partial charge is 0.222 e. The minimum absolute atomic E-state index is 0.0643. The van der Waals surface area contributed by atoms with E-state index in [1.807, 2.05) is 13.8 Å². The van der Waals surface area contributed by atoms with E-state index in [0.717, 1.165) is 0 Å². The van der Waals surface area contributed by atoms with E-state index in [9.17, 15) is 4.79 Å². The maximum Gasteiger partial charge on any atom is 0.222 e. The average Bonchev–Trinajstić information content (AvgIpc) is 2.72. The Morgan fingerprint density at radius 3 is 2.81 bits per heavy atom. The standard InChI is InChI=1S/C14H19NO/c1-10(2)14(16)15-9-11-6-7-12-4-3-5-13(12)8-11/h6-8,10H,3-5,9H2,1-2H3,(H,15,16). The normalized spacial score (nSPS) is 13.9. The molecule has 86 valence electrons. The van der Waals surface area contributed by atoms with Crippen molar-refractivity contribution in [1.29, 1.82) is 0 Å². The number of hydrogen-bond donors (Lipinski definition) is 1. The molecule has 0 saturated heterocycles. The molecule has 16 heavy (non-hydrogen) atoms. The molecule has 0 fully saturated rings. The van der Waals surface area contributed by atoms with Crippen molar-refractivity contribution in [2.24, 2.45) is 5.92 Å². The van der Waals surface area contributed by atoms with Crippen LogP contribution in [0.2, 0.25) is 0 Å². The number of amides is 1. The van der Waals surface area contributed by atoms with Crippen molar-refractivity contribution in [3.05, 3.63) is 34.9 Å². The Morgan fingerprint density at radius 2 is 2.06 bits per heavy atom. The van der Waals surface area contributed by atoms with Gasteiger partial charge in [-0.25, -0.2) is 0 Å². The molecule has 0 heterocycles. The monoisotopic (exact) mass is 217 g/mol. The zero-order valence-electron chi connectivity index (χ0n) is 10.0. The molecule has 0 atom stereocenters. The highest BCUT2D eigenvalue weighted by Crippen LogP contribution is 2.22. The molecule has 0 saturated carbocycles. The minimum Gasteiger partial charge on any atom is -0.352 e. The second kappa shape index (κ2) is 4.69. The van der Waals surface area contributed by atoms with Crippen LogP contribution in [0.4, 0.5) is 0 Å². The summed E-state index contributed by atoms with van der Waals surface area (Å²) in [6.07, 6.45) is 3.69. The number of hydrogen-bond acceptors (Lipinski definition) is 1. The maximum absolute atomic E-state index is 11.4. The average molecular weight is 217 g/mol. The van der Waals surface area contributed by atoms with Crippen LogP contribution < -0.4 is 5.32 Å². The quantitative estimate of drug-likeness (QED) is 0.828. The molecule has 2 nitrogen and oxygen atoms in total. The molecule has 1 aromatic rings. The van der Waals surface area contributed by atoms with Crippen LogP contribution in [-0.2, 0) is 24.2 Å². The van der Waals surface area contributed by atoms with Gasteiger partial charge in [0.15, 0.2) is 0 Å². The minimum atomic E-state index is 0.0643. The Kier molecular flexibility index (Phi) is 3.28. The van der Waals surface area contributed by atoms with Crippen molar-refractivity contribution in [2.75, 3.05) is 0 Å². The molecule has 1 N–H and O–H groups in total. The summed E-state index contributed by atoms with van der Waals surface area (Å²) in [5.41, 5.74) is 4.17. The van der Waals surface area contributed by atoms with Gasteiger partial charge in [-0.2, -0.15) is 0 Å². The molecule has 1 aromatic carbocycles. The van der Waals surface area contributed by atoms with Gasteiger partial charge in [0.2, 0.25) is 5.91 Å². The molecule has 0 aliphatic heterocycles. The fourth-order valence-corrected chi connectivity index (χ4v) is 2.13. The summed E-state index contributed by atoms with van der Waals surface area (Å²) in [6, 6.07) is 6.58. The lowest BCUT2D eigenvalue weighted by Crippen LogP contribution is -2.27. The molecular weight excluding hydrogens is 198 g/mol. The zero-order chi connectivity index (χ0) is 11.5. The third-order valence-electron chi connectivity index (χ3n) is 3.15. The van der Waals surface area contributed by atoms with Gasteiger partial charge in [0.1, 0.15) is 0 Å². The summed E-state index contributed by atoms with van der Waals surface area (Å²) >= 11 is 0. The lowest BCUT2D eigenvalue weighted by molar-refractivity contribution is -0.124. The number of carbonyl (C=O) groups excluding carboxylic acids is 1. The summed E-state index contributed by atoms with van der Waals surface area (Å²) in [6.45, 7) is 4.49. The van der Waals surface area contributed by atoms with Gasteiger partial charge >= 0.3 is 0 Å². The Hall–Kier alpha value is -1.31. The number of nitrogens with one attached hydrogen (secondary N) is 1. The summed E-state index contributed by atoms with van der Waals surface area (Å²) in [7, 11) is 0. The van der Waals surface area contributed by atoms with E-state index >= 15 is 0 Å². The molecule has 0 radical (unpaired) electrons. The molecule has 1 aliphatic rings. The lowest BCUT2D eigenvalue weighted by Gasteiger charge is -2.09. The molecular formula is C14H19NO. The van der Waals surface area contributed by atoms with Gasteiger partial charge in [-0.05, 0) is 36.0 Å². The zero-order valence-corrected chi connectivity index (χ0v) is 10.0. The molecule has 0 unspecified atom stereocenters. The Bertz CT molecular complexity index is 396. The number of fused-ring (bicyclic) bond motifs is 1. The topological polar surface area (TPSA) is 29.1 Å². The highest BCUT2D eigenvalue weighted by Gasteiger charge is 2.11. The Morgan fingerprint density at radius 1 is 1.31 bits per heavy atom. The van der Waals surface area contributed by atoms with Gasteiger partial charge in [-0.1, -0.05) is 32.0 Å². The Balaban J connectivity index is 1.98. The van der Waals surface area contributed by atoms with Crippen molar-refractivity contribution in [1.82, 2.24) is 5.32 Å². The van der Waals surface area contributed by atoms with Gasteiger partial charge in [0.25, 0.3) is 0 Å². The van der Waals surface area contributed by atoms with Crippen molar-refractivity contribution in [3.63, 3.8) is 0 Å². The first-order valence-electron chi connectivity index (χ1n) is 6.05. The van der Waals surface area contributed by atoms with Crippen LogP contribution in [0.15, 0.2) is 18.2 Å². The highest BCUT2D eigenvalue weighted by molar-refractivity contribution is 5.77. The van der Waals surface area contributed by atoms with E-state index in [-0.39, 0.29) is 11.8 Å². The van der Waals surface area contributed by atoms with Crippen LogP contribution in [0.3, 0.4) is 0 Å². The third-order valence-corrected chi connectivity index (χ3v) is 3.15. The number of benzene rings is 1. The van der Waals surface area contributed by atoms with Gasteiger partial charge in [0.05, 0.1) is 0 Å². The van der Waals surface area contributed by atoms with E-state index in [0.29, 0.717) is 6.54 Å². The SMILES string of the molecule is CC(C)C(=O)NCc1ccc2c(c1)CCC2. The lowest BCUT2D eigenvalue weighted by atomic mass is 10.1. The molecule has 1 amide bonds. The molecule has 2 heteroatoms. The summed E-state index contributed by atoms with van der Waals surface area (Å²) < 4.78 is 0. The predicted molar refractivity (Wildman–Crippen MR) is 65.2 cm³/mol. The van der Waals surface area contributed by atoms with Crippen LogP contribution in [-0.4, -0.2) is 5.91 Å². The van der Waals surface area contributed by atoms with Gasteiger partial charge in [-0.15, -0.1) is 0 Å². The predicted octanol–water partition coefficient (Wildman–Crippen LogP) is 2.45. The summed E-state index contributed by atoms with van der Waals surface area (Å²) in [5, 5.41) is 2.95. The van der Waals surface area contributed by atoms with Crippen LogP contribution in [0.1, 0.15) is 37.0 Å². The van der Waals surface area contributed by atoms with Crippen molar-refractivity contribution >= 4 is 5.91 Å². The van der Waals surface area contributed by atoms with Crippen LogP contribution in [0.25, 0.3) is 0 Å². The van der Waals surface area contributed by atoms with E-state index < -0.39 is 0 Å². The largest absolute Gasteiger partial charge is 0.352 e. The van der Waals surface area contributed by atoms with Gasteiger partial charge in [0, 0.05) is 12.5 Å². The van der Waals surface area contributed by atoms with Crippen molar-refractivity contribution < 1.29 is 4.79 Å². The molecule has 1 aliphatic carbocycles. The fraction of sp³-hybridized carbons (Fsp3) is 0.500.